The highest BCUT2D eigenvalue weighted by molar-refractivity contribution is 7.91. The molecule has 9 nitrogen and oxygen atoms in total. The summed E-state index contributed by atoms with van der Waals surface area (Å²) < 4.78 is 29.6. The molecule has 0 saturated carbocycles. The molecule has 31 heavy (non-hydrogen) atoms. The first-order valence-corrected chi connectivity index (χ1v) is 12.3. The summed E-state index contributed by atoms with van der Waals surface area (Å²) in [6, 6.07) is 1.57. The lowest BCUT2D eigenvalue weighted by molar-refractivity contribution is 0.179. The molecule has 2 atom stereocenters. The molecule has 3 N–H and O–H groups in total. The fourth-order valence-corrected chi connectivity index (χ4v) is 6.03. The average molecular weight is 446 g/mol. The zero-order valence-corrected chi connectivity index (χ0v) is 18.4. The number of ether oxygens (including phenoxy) is 2. The van der Waals surface area contributed by atoms with Gasteiger partial charge in [-0.05, 0) is 54.4 Å². The average Bonchev–Trinajstić information content (AvgIpc) is 3.46. The number of amides is 2. The Morgan fingerprint density at radius 3 is 3.10 bits per heavy atom. The maximum atomic E-state index is 13.2. The van der Waals surface area contributed by atoms with E-state index in [1.165, 1.54) is 17.3 Å². The number of rotatable bonds is 4. The third-order valence-electron chi connectivity index (χ3n) is 6.34. The summed E-state index contributed by atoms with van der Waals surface area (Å²) in [6.45, 7) is 1.74. The summed E-state index contributed by atoms with van der Waals surface area (Å²) in [5, 5.41) is 13.1. The van der Waals surface area contributed by atoms with Crippen molar-refractivity contribution in [2.24, 2.45) is 9.50 Å². The second-order valence-electron chi connectivity index (χ2n) is 8.34. The Bertz CT molecular complexity index is 1170. The Labute approximate surface area is 181 Å². The number of anilines is 1. The molecule has 0 saturated heterocycles. The number of fused-ring (bicyclic) bond motifs is 3. The van der Waals surface area contributed by atoms with Crippen LogP contribution in [0.15, 0.2) is 21.5 Å². The molecular weight excluding hydrogens is 418 g/mol. The number of aryl methyl sites for hydroxylation is 3. The van der Waals surface area contributed by atoms with Crippen molar-refractivity contribution in [1.29, 1.82) is 0 Å². The fourth-order valence-electron chi connectivity index (χ4n) is 5.03. The molecule has 1 aromatic carbocycles. The van der Waals surface area contributed by atoms with Crippen LogP contribution < -0.4 is 15.2 Å². The second kappa shape index (κ2) is 7.92. The van der Waals surface area contributed by atoms with E-state index in [0.29, 0.717) is 25.6 Å². The minimum absolute atomic E-state index is 0.156. The van der Waals surface area contributed by atoms with Gasteiger partial charge in [0.05, 0.1) is 19.4 Å². The Morgan fingerprint density at radius 2 is 2.26 bits per heavy atom. The van der Waals surface area contributed by atoms with Gasteiger partial charge in [-0.2, -0.15) is 5.10 Å². The Hall–Kier alpha value is -2.43. The van der Waals surface area contributed by atoms with Gasteiger partial charge in [0.1, 0.15) is 4.90 Å². The summed E-state index contributed by atoms with van der Waals surface area (Å²) in [5.41, 5.74) is 5.62. The summed E-state index contributed by atoms with van der Waals surface area (Å²) in [5.74, 6) is 0.552. The Morgan fingerprint density at radius 1 is 1.39 bits per heavy atom. The third kappa shape index (κ3) is 3.62. The van der Waals surface area contributed by atoms with Crippen LogP contribution in [0.4, 0.5) is 10.5 Å². The zero-order valence-electron chi connectivity index (χ0n) is 17.6. The number of carbonyl (C=O) groups excluding carboxylic acids is 1. The highest BCUT2D eigenvalue weighted by Crippen LogP contribution is 2.44. The van der Waals surface area contributed by atoms with E-state index in [-0.39, 0.29) is 10.8 Å². The van der Waals surface area contributed by atoms with Crippen LogP contribution in [-0.2, 0) is 40.5 Å². The van der Waals surface area contributed by atoms with Crippen LogP contribution in [0.25, 0.3) is 0 Å². The molecule has 0 bridgehead atoms. The lowest BCUT2D eigenvalue weighted by Gasteiger charge is -2.19. The molecule has 0 radical (unpaired) electrons. The zero-order chi connectivity index (χ0) is 21.6. The quantitative estimate of drug-likeness (QED) is 0.750. The lowest BCUT2D eigenvalue weighted by Crippen LogP contribution is -2.21. The van der Waals surface area contributed by atoms with E-state index < -0.39 is 15.9 Å². The molecule has 0 spiro atoms. The predicted molar refractivity (Wildman–Crippen MR) is 116 cm³/mol. The van der Waals surface area contributed by atoms with Crippen LogP contribution in [-0.4, -0.2) is 40.3 Å². The van der Waals surface area contributed by atoms with Crippen LogP contribution in [0.2, 0.25) is 0 Å². The maximum absolute atomic E-state index is 13.2. The monoisotopic (exact) mass is 445 g/mol. The SMILES string of the molecule is COCC1CCc2cc3c(c(NC(=O)N=S(N)(=O)c4cnn5c4OCCC5)c21)CCC3. The summed E-state index contributed by atoms with van der Waals surface area (Å²) in [6.07, 6.45) is 7.10. The minimum Gasteiger partial charge on any atom is -0.477 e. The largest absolute Gasteiger partial charge is 0.477 e. The molecule has 2 heterocycles. The molecule has 1 aromatic heterocycles. The molecular formula is C21H27N5O4S. The van der Waals surface area contributed by atoms with Crippen molar-refractivity contribution < 1.29 is 18.5 Å². The first-order valence-electron chi connectivity index (χ1n) is 10.7. The number of methoxy groups -OCH3 is 1. The molecule has 2 amide bonds. The highest BCUT2D eigenvalue weighted by atomic mass is 32.2. The molecule has 10 heteroatoms. The molecule has 2 aromatic rings. The molecule has 2 unspecified atom stereocenters. The van der Waals surface area contributed by atoms with E-state index in [1.54, 1.807) is 11.8 Å². The number of hydrogen-bond acceptors (Lipinski definition) is 5. The van der Waals surface area contributed by atoms with Gasteiger partial charge in [0, 0.05) is 31.7 Å². The van der Waals surface area contributed by atoms with Gasteiger partial charge in [-0.3, -0.25) is 0 Å². The summed E-state index contributed by atoms with van der Waals surface area (Å²) in [7, 11) is -1.81. The normalized spacial score (nSPS) is 20.9. The van der Waals surface area contributed by atoms with E-state index in [0.717, 1.165) is 55.3 Å². The number of nitrogens with zero attached hydrogens (tertiary/aromatic N) is 3. The lowest BCUT2D eigenvalue weighted by atomic mass is 9.94. The summed E-state index contributed by atoms with van der Waals surface area (Å²) >= 11 is 0. The van der Waals surface area contributed by atoms with E-state index in [4.69, 9.17) is 14.6 Å². The van der Waals surface area contributed by atoms with Crippen LogP contribution in [0, 0.1) is 0 Å². The molecule has 3 aliphatic rings. The molecule has 1 aliphatic heterocycles. The van der Waals surface area contributed by atoms with Crippen molar-refractivity contribution in [2.45, 2.75) is 55.9 Å². The standard InChI is InChI=1S/C21H27N5O4S/c1-29-12-15-7-6-14-10-13-4-2-5-16(13)19(18(14)15)24-21(27)25-31(22,28)17-11-23-26-8-3-9-30-20(17)26/h10-11,15H,2-9,12H2,1H3,(H3,22,24,25,27,28). The van der Waals surface area contributed by atoms with Gasteiger partial charge >= 0.3 is 6.03 Å². The second-order valence-corrected chi connectivity index (χ2v) is 10.1. The van der Waals surface area contributed by atoms with Gasteiger partial charge in [-0.25, -0.2) is 18.8 Å². The van der Waals surface area contributed by atoms with Crippen molar-refractivity contribution in [3.63, 3.8) is 0 Å². The fraction of sp³-hybridized carbons (Fsp3) is 0.524. The highest BCUT2D eigenvalue weighted by Gasteiger charge is 2.31. The first-order chi connectivity index (χ1) is 15.0. The maximum Gasteiger partial charge on any atom is 0.354 e. The van der Waals surface area contributed by atoms with E-state index in [9.17, 15) is 9.00 Å². The first kappa shape index (κ1) is 20.5. The van der Waals surface area contributed by atoms with Crippen LogP contribution in [0.1, 0.15) is 47.4 Å². The molecule has 166 valence electrons. The van der Waals surface area contributed by atoms with Gasteiger partial charge in [0.2, 0.25) is 5.88 Å². The van der Waals surface area contributed by atoms with Crippen LogP contribution >= 0.6 is 0 Å². The van der Waals surface area contributed by atoms with Crippen LogP contribution in [0.3, 0.4) is 0 Å². The third-order valence-corrected chi connectivity index (χ3v) is 7.69. The van der Waals surface area contributed by atoms with E-state index in [2.05, 4.69) is 20.8 Å². The van der Waals surface area contributed by atoms with Crippen LogP contribution in [0.5, 0.6) is 5.88 Å². The van der Waals surface area contributed by atoms with E-state index >= 15 is 0 Å². The predicted octanol–water partition coefficient (Wildman–Crippen LogP) is 2.76. The van der Waals surface area contributed by atoms with Crippen molar-refractivity contribution in [2.75, 3.05) is 25.6 Å². The van der Waals surface area contributed by atoms with Crippen molar-refractivity contribution in [1.82, 2.24) is 9.78 Å². The number of urea groups is 1. The Balaban J connectivity index is 1.50. The van der Waals surface area contributed by atoms with Gasteiger partial charge in [-0.1, -0.05) is 6.07 Å². The smallest absolute Gasteiger partial charge is 0.354 e. The number of benzene rings is 1. The number of carbonyl (C=O) groups is 1. The number of aromatic nitrogens is 2. The number of hydrogen-bond donors (Lipinski definition) is 2. The van der Waals surface area contributed by atoms with Crippen molar-refractivity contribution in [3.05, 3.63) is 34.5 Å². The van der Waals surface area contributed by atoms with Gasteiger partial charge in [0.15, 0.2) is 9.92 Å². The van der Waals surface area contributed by atoms with Gasteiger partial charge in [0.25, 0.3) is 0 Å². The molecule has 0 fully saturated rings. The Kier molecular flexibility index (Phi) is 5.23. The van der Waals surface area contributed by atoms with Gasteiger partial charge in [-0.15, -0.1) is 4.36 Å². The van der Waals surface area contributed by atoms with Gasteiger partial charge < -0.3 is 14.8 Å². The van der Waals surface area contributed by atoms with E-state index in [1.807, 2.05) is 0 Å². The molecule has 2 aliphatic carbocycles. The topological polar surface area (TPSA) is 121 Å². The van der Waals surface area contributed by atoms with Crippen molar-refractivity contribution in [3.8, 4) is 5.88 Å². The minimum atomic E-state index is -3.50. The van der Waals surface area contributed by atoms with Crippen molar-refractivity contribution >= 4 is 21.6 Å². The summed E-state index contributed by atoms with van der Waals surface area (Å²) in [4.78, 5) is 13.1. The number of nitrogens with two attached hydrogens (primary N) is 1. The molecule has 5 rings (SSSR count). The number of nitrogens with one attached hydrogen (secondary N) is 1.